The van der Waals surface area contributed by atoms with Crippen molar-refractivity contribution in [2.24, 2.45) is 0 Å². The van der Waals surface area contributed by atoms with Gasteiger partial charge in [0.1, 0.15) is 5.75 Å². The van der Waals surface area contributed by atoms with E-state index in [4.69, 9.17) is 17.3 Å². The molecule has 0 aliphatic rings. The topological polar surface area (TPSA) is 46.2 Å². The van der Waals surface area contributed by atoms with Gasteiger partial charge in [-0.1, -0.05) is 31.5 Å². The second-order valence-corrected chi connectivity index (χ2v) is 3.73. The Morgan fingerprint density at radius 1 is 1.12 bits per heavy atom. The highest BCUT2D eigenvalue weighted by atomic mass is 35.5. The smallest absolute Gasteiger partial charge is 0.116 e. The largest absolute Gasteiger partial charge is 0.508 e. The summed E-state index contributed by atoms with van der Waals surface area (Å²) in [6.07, 6.45) is 0. The molecule has 0 unspecified atom stereocenters. The molecule has 0 aliphatic carbocycles. The molecule has 3 N–H and O–H groups in total. The summed E-state index contributed by atoms with van der Waals surface area (Å²) < 4.78 is 0. The van der Waals surface area contributed by atoms with E-state index in [1.165, 1.54) is 0 Å². The van der Waals surface area contributed by atoms with Crippen molar-refractivity contribution < 1.29 is 5.11 Å². The number of rotatable bonds is 0. The van der Waals surface area contributed by atoms with Gasteiger partial charge in [-0.25, -0.2) is 0 Å². The van der Waals surface area contributed by atoms with Gasteiger partial charge in [0.2, 0.25) is 0 Å². The Morgan fingerprint density at radius 2 is 1.75 bits per heavy atom. The number of nitrogen functional groups attached to an aromatic ring is 1. The minimum absolute atomic E-state index is 0.200. The number of benzene rings is 2. The van der Waals surface area contributed by atoms with Gasteiger partial charge in [-0.15, -0.1) is 0 Å². The average molecular weight is 238 g/mol. The van der Waals surface area contributed by atoms with Crippen molar-refractivity contribution in [1.29, 1.82) is 0 Å². The Kier molecular flexibility index (Phi) is 4.02. The number of phenols is 1. The molecule has 86 valence electrons. The van der Waals surface area contributed by atoms with Crippen LogP contribution >= 0.6 is 11.6 Å². The maximum Gasteiger partial charge on any atom is 0.116 e. The van der Waals surface area contributed by atoms with Crippen LogP contribution in [0.25, 0.3) is 10.8 Å². The van der Waals surface area contributed by atoms with Gasteiger partial charge in [0.15, 0.2) is 0 Å². The zero-order valence-electron chi connectivity index (χ0n) is 9.71. The number of anilines is 1. The second kappa shape index (κ2) is 5.08. The molecule has 2 aromatic carbocycles. The SMILES string of the molecule is CC.Cc1cc(Cl)c(N)c2cc(O)ccc12. The molecular formula is C13H16ClNO. The molecule has 0 saturated heterocycles. The second-order valence-electron chi connectivity index (χ2n) is 3.32. The summed E-state index contributed by atoms with van der Waals surface area (Å²) in [5, 5.41) is 11.7. The van der Waals surface area contributed by atoms with Crippen molar-refractivity contribution in [3.05, 3.63) is 34.9 Å². The third-order valence-electron chi connectivity index (χ3n) is 2.32. The molecule has 0 radical (unpaired) electrons. The van der Waals surface area contributed by atoms with Gasteiger partial charge in [0.05, 0.1) is 10.7 Å². The first kappa shape index (κ1) is 12.7. The molecular weight excluding hydrogens is 222 g/mol. The number of hydrogen-bond donors (Lipinski definition) is 2. The molecule has 0 amide bonds. The molecule has 0 bridgehead atoms. The van der Waals surface area contributed by atoms with Gasteiger partial charge in [-0.2, -0.15) is 0 Å². The van der Waals surface area contributed by atoms with Crippen molar-refractivity contribution in [3.63, 3.8) is 0 Å². The predicted molar refractivity (Wildman–Crippen MR) is 71.1 cm³/mol. The van der Waals surface area contributed by atoms with E-state index in [0.717, 1.165) is 16.3 Å². The van der Waals surface area contributed by atoms with Crippen molar-refractivity contribution in [3.8, 4) is 5.75 Å². The lowest BCUT2D eigenvalue weighted by molar-refractivity contribution is 0.476. The zero-order chi connectivity index (χ0) is 12.3. The first-order valence-electron chi connectivity index (χ1n) is 5.27. The van der Waals surface area contributed by atoms with Gasteiger partial charge in [0, 0.05) is 5.39 Å². The fraction of sp³-hybridized carbons (Fsp3) is 0.231. The van der Waals surface area contributed by atoms with E-state index in [1.54, 1.807) is 12.1 Å². The number of aryl methyl sites for hydroxylation is 1. The summed E-state index contributed by atoms with van der Waals surface area (Å²) in [5.74, 6) is 0.200. The Hall–Kier alpha value is -1.41. The number of aromatic hydroxyl groups is 1. The minimum Gasteiger partial charge on any atom is -0.508 e. The van der Waals surface area contributed by atoms with Gasteiger partial charge < -0.3 is 10.8 Å². The van der Waals surface area contributed by atoms with E-state index in [2.05, 4.69) is 0 Å². The van der Waals surface area contributed by atoms with Crippen LogP contribution in [0.2, 0.25) is 5.02 Å². The molecule has 0 spiro atoms. The maximum atomic E-state index is 9.34. The molecule has 0 saturated carbocycles. The van der Waals surface area contributed by atoms with Crippen LogP contribution in [-0.2, 0) is 0 Å². The third kappa shape index (κ3) is 2.22. The van der Waals surface area contributed by atoms with E-state index in [1.807, 2.05) is 32.9 Å². The van der Waals surface area contributed by atoms with Crippen LogP contribution in [0.3, 0.4) is 0 Å². The Balaban J connectivity index is 0.000000606. The first-order valence-corrected chi connectivity index (χ1v) is 5.64. The van der Waals surface area contributed by atoms with Crippen LogP contribution < -0.4 is 5.73 Å². The summed E-state index contributed by atoms with van der Waals surface area (Å²) in [6.45, 7) is 5.96. The number of nitrogens with two attached hydrogens (primary N) is 1. The zero-order valence-corrected chi connectivity index (χ0v) is 10.5. The van der Waals surface area contributed by atoms with E-state index in [0.29, 0.717) is 10.7 Å². The summed E-state index contributed by atoms with van der Waals surface area (Å²) in [4.78, 5) is 0. The monoisotopic (exact) mass is 237 g/mol. The number of halogens is 1. The van der Waals surface area contributed by atoms with Crippen LogP contribution in [0.4, 0.5) is 5.69 Å². The third-order valence-corrected chi connectivity index (χ3v) is 2.63. The molecule has 16 heavy (non-hydrogen) atoms. The van der Waals surface area contributed by atoms with Crippen LogP contribution in [0.5, 0.6) is 5.75 Å². The predicted octanol–water partition coefficient (Wildman–Crippen LogP) is 4.12. The molecule has 2 rings (SSSR count). The van der Waals surface area contributed by atoms with Gasteiger partial charge in [-0.05, 0) is 36.1 Å². The van der Waals surface area contributed by atoms with E-state index < -0.39 is 0 Å². The standard InChI is InChI=1S/C11H10ClNO.C2H6/c1-6-4-10(12)11(13)9-5-7(14)2-3-8(6)9;1-2/h2-5,14H,13H2,1H3;1-2H3. The van der Waals surface area contributed by atoms with Crippen molar-refractivity contribution >= 4 is 28.1 Å². The summed E-state index contributed by atoms with van der Waals surface area (Å²) in [6, 6.07) is 6.94. The summed E-state index contributed by atoms with van der Waals surface area (Å²) >= 11 is 5.94. The lowest BCUT2D eigenvalue weighted by atomic mass is 10.0. The molecule has 3 heteroatoms. The quantitative estimate of drug-likeness (QED) is 0.678. The Bertz CT molecular complexity index is 509. The first-order chi connectivity index (χ1) is 7.59. The van der Waals surface area contributed by atoms with Crippen molar-refractivity contribution in [1.82, 2.24) is 0 Å². The normalized spacial score (nSPS) is 9.75. The van der Waals surface area contributed by atoms with Crippen LogP contribution in [0.1, 0.15) is 19.4 Å². The average Bonchev–Trinajstić information content (AvgIpc) is 2.28. The lowest BCUT2D eigenvalue weighted by Crippen LogP contribution is -1.90. The summed E-state index contributed by atoms with van der Waals surface area (Å²) in [5.41, 5.74) is 7.38. The van der Waals surface area contributed by atoms with Crippen molar-refractivity contribution in [2.75, 3.05) is 5.73 Å². The van der Waals surface area contributed by atoms with E-state index >= 15 is 0 Å². The van der Waals surface area contributed by atoms with Crippen LogP contribution in [0.15, 0.2) is 24.3 Å². The summed E-state index contributed by atoms with van der Waals surface area (Å²) in [7, 11) is 0. The minimum atomic E-state index is 0.200. The number of hydrogen-bond acceptors (Lipinski definition) is 2. The Morgan fingerprint density at radius 3 is 2.38 bits per heavy atom. The molecule has 0 aromatic heterocycles. The highest BCUT2D eigenvalue weighted by molar-refractivity contribution is 6.34. The fourth-order valence-electron chi connectivity index (χ4n) is 1.57. The van der Waals surface area contributed by atoms with Gasteiger partial charge in [-0.3, -0.25) is 0 Å². The lowest BCUT2D eigenvalue weighted by Gasteiger charge is -2.07. The molecule has 2 nitrogen and oxygen atoms in total. The van der Waals surface area contributed by atoms with Crippen molar-refractivity contribution in [2.45, 2.75) is 20.8 Å². The highest BCUT2D eigenvalue weighted by Gasteiger charge is 2.06. The van der Waals surface area contributed by atoms with Crippen LogP contribution in [0, 0.1) is 6.92 Å². The van der Waals surface area contributed by atoms with E-state index in [9.17, 15) is 5.11 Å². The highest BCUT2D eigenvalue weighted by Crippen LogP contribution is 2.33. The van der Waals surface area contributed by atoms with Gasteiger partial charge in [0.25, 0.3) is 0 Å². The molecule has 0 aliphatic heterocycles. The fourth-order valence-corrected chi connectivity index (χ4v) is 1.84. The van der Waals surface area contributed by atoms with E-state index in [-0.39, 0.29) is 5.75 Å². The molecule has 0 heterocycles. The van der Waals surface area contributed by atoms with Crippen LogP contribution in [-0.4, -0.2) is 5.11 Å². The Labute approximate surface area is 101 Å². The number of phenolic OH excluding ortho intramolecular Hbond substituents is 1. The molecule has 2 aromatic rings. The molecule has 0 atom stereocenters. The number of fused-ring (bicyclic) bond motifs is 1. The van der Waals surface area contributed by atoms with Gasteiger partial charge >= 0.3 is 0 Å². The molecule has 0 fully saturated rings. The maximum absolute atomic E-state index is 9.34.